The highest BCUT2D eigenvalue weighted by atomic mass is 35.5. The van der Waals surface area contributed by atoms with Gasteiger partial charge in [-0.3, -0.25) is 4.57 Å². The second kappa shape index (κ2) is 8.20. The number of para-hydroxylation sites is 3. The first-order chi connectivity index (χ1) is 14.7. The number of rotatable bonds is 8. The van der Waals surface area contributed by atoms with E-state index in [4.69, 9.17) is 20.8 Å². The van der Waals surface area contributed by atoms with Gasteiger partial charge in [0.2, 0.25) is 0 Å². The third kappa shape index (κ3) is 3.85. The predicted molar refractivity (Wildman–Crippen MR) is 115 cm³/mol. The molecule has 30 heavy (non-hydrogen) atoms. The van der Waals surface area contributed by atoms with Gasteiger partial charge >= 0.3 is 5.76 Å². The molecule has 7 nitrogen and oxygen atoms in total. The van der Waals surface area contributed by atoms with Crippen molar-refractivity contribution in [3.63, 3.8) is 0 Å². The summed E-state index contributed by atoms with van der Waals surface area (Å²) in [5.41, 5.74) is 1.41. The number of halogens is 1. The maximum atomic E-state index is 12.1. The maximum absolute atomic E-state index is 12.1. The van der Waals surface area contributed by atoms with Crippen LogP contribution in [0.5, 0.6) is 5.75 Å². The number of hydrogen-bond acceptors (Lipinski definition) is 6. The van der Waals surface area contributed by atoms with E-state index in [9.17, 15) is 4.79 Å². The lowest BCUT2D eigenvalue weighted by Gasteiger charge is -2.10. The Balaban J connectivity index is 1.29. The fourth-order valence-electron chi connectivity index (χ4n) is 3.36. The molecule has 5 rings (SSSR count). The average Bonchev–Trinajstić information content (AvgIpc) is 3.43. The highest BCUT2D eigenvalue weighted by molar-refractivity contribution is 7.99. The van der Waals surface area contributed by atoms with Crippen LogP contribution in [0.25, 0.3) is 11.1 Å². The standard InChI is InChI=1S/C21H19ClN4O3S/c22-15-5-1-3-7-17(15)28-13-19-23-24-20(26(19)14-9-10-14)30-12-11-25-16-6-2-4-8-18(16)29-21(25)27/h1-8,14H,9-13H2. The van der Waals surface area contributed by atoms with E-state index in [0.29, 0.717) is 41.3 Å². The van der Waals surface area contributed by atoms with Crippen molar-refractivity contribution in [2.45, 2.75) is 37.2 Å². The van der Waals surface area contributed by atoms with Crippen LogP contribution in [0.3, 0.4) is 0 Å². The summed E-state index contributed by atoms with van der Waals surface area (Å²) in [6.45, 7) is 0.836. The van der Waals surface area contributed by atoms with E-state index in [1.165, 1.54) is 0 Å². The van der Waals surface area contributed by atoms with Crippen LogP contribution in [0.1, 0.15) is 24.7 Å². The number of hydrogen-bond donors (Lipinski definition) is 0. The minimum absolute atomic E-state index is 0.305. The molecular formula is C21H19ClN4O3S. The van der Waals surface area contributed by atoms with Gasteiger partial charge in [0.1, 0.15) is 12.4 Å². The Labute approximate surface area is 181 Å². The molecule has 0 saturated heterocycles. The van der Waals surface area contributed by atoms with Crippen LogP contribution in [0.15, 0.2) is 62.9 Å². The molecule has 0 aliphatic heterocycles. The van der Waals surface area contributed by atoms with Crippen LogP contribution >= 0.6 is 23.4 Å². The van der Waals surface area contributed by atoms with Crippen LogP contribution in [0, 0.1) is 0 Å². The van der Waals surface area contributed by atoms with Crippen molar-refractivity contribution < 1.29 is 9.15 Å². The number of aryl methyl sites for hydroxylation is 1. The van der Waals surface area contributed by atoms with Crippen molar-refractivity contribution in [3.05, 3.63) is 69.9 Å². The van der Waals surface area contributed by atoms with Gasteiger partial charge in [0.05, 0.1) is 10.5 Å². The maximum Gasteiger partial charge on any atom is 0.419 e. The summed E-state index contributed by atoms with van der Waals surface area (Å²) in [6.07, 6.45) is 2.22. The second-order valence-corrected chi connectivity index (χ2v) is 8.52. The number of ether oxygens (including phenoxy) is 1. The number of fused-ring (bicyclic) bond motifs is 1. The zero-order chi connectivity index (χ0) is 20.5. The summed E-state index contributed by atoms with van der Waals surface area (Å²) in [5.74, 6) is 1.75. The summed E-state index contributed by atoms with van der Waals surface area (Å²) >= 11 is 7.76. The van der Waals surface area contributed by atoms with E-state index in [1.807, 2.05) is 36.4 Å². The normalized spacial score (nSPS) is 13.8. The molecule has 154 valence electrons. The van der Waals surface area contributed by atoms with E-state index in [0.717, 1.165) is 29.3 Å². The topological polar surface area (TPSA) is 75.1 Å². The minimum atomic E-state index is -0.339. The smallest absolute Gasteiger partial charge is 0.419 e. The van der Waals surface area contributed by atoms with Crippen molar-refractivity contribution in [1.29, 1.82) is 0 Å². The largest absolute Gasteiger partial charge is 0.484 e. The quantitative estimate of drug-likeness (QED) is 0.373. The molecule has 0 N–H and O–H groups in total. The Bertz CT molecular complexity index is 1240. The average molecular weight is 443 g/mol. The SMILES string of the molecule is O=c1oc2ccccc2n1CCSc1nnc(COc2ccccc2Cl)n1C1CC1. The van der Waals surface area contributed by atoms with Crippen molar-refractivity contribution in [2.24, 2.45) is 0 Å². The van der Waals surface area contributed by atoms with E-state index >= 15 is 0 Å². The number of nitrogens with zero attached hydrogens (tertiary/aromatic N) is 4. The molecule has 0 unspecified atom stereocenters. The van der Waals surface area contributed by atoms with Gasteiger partial charge in [-0.15, -0.1) is 10.2 Å². The first-order valence-corrected chi connectivity index (χ1v) is 11.1. The molecule has 1 saturated carbocycles. The molecule has 9 heteroatoms. The van der Waals surface area contributed by atoms with Gasteiger partial charge in [-0.25, -0.2) is 4.79 Å². The molecule has 2 aromatic carbocycles. The van der Waals surface area contributed by atoms with Crippen LogP contribution in [-0.4, -0.2) is 25.1 Å². The molecule has 0 radical (unpaired) electrons. The molecule has 0 bridgehead atoms. The lowest BCUT2D eigenvalue weighted by atomic mass is 10.3. The van der Waals surface area contributed by atoms with Gasteiger partial charge in [-0.1, -0.05) is 47.6 Å². The fraction of sp³-hybridized carbons (Fsp3) is 0.286. The van der Waals surface area contributed by atoms with Crippen LogP contribution in [0.2, 0.25) is 5.02 Å². The van der Waals surface area contributed by atoms with Crippen LogP contribution < -0.4 is 10.5 Å². The number of aromatic nitrogens is 4. The van der Waals surface area contributed by atoms with Crippen molar-refractivity contribution in [1.82, 2.24) is 19.3 Å². The Morgan fingerprint density at radius 2 is 1.93 bits per heavy atom. The van der Waals surface area contributed by atoms with E-state index < -0.39 is 0 Å². The molecule has 1 fully saturated rings. The van der Waals surface area contributed by atoms with Gasteiger partial charge in [0, 0.05) is 18.3 Å². The number of oxazole rings is 1. The summed E-state index contributed by atoms with van der Waals surface area (Å²) in [6, 6.07) is 15.2. The van der Waals surface area contributed by atoms with Crippen LogP contribution in [0.4, 0.5) is 0 Å². The van der Waals surface area contributed by atoms with Gasteiger partial charge in [0.25, 0.3) is 0 Å². The van der Waals surface area contributed by atoms with Crippen LogP contribution in [-0.2, 0) is 13.2 Å². The molecule has 0 spiro atoms. The van der Waals surface area contributed by atoms with Gasteiger partial charge < -0.3 is 13.7 Å². The Kier molecular flexibility index (Phi) is 5.26. The van der Waals surface area contributed by atoms with Gasteiger partial charge in [0.15, 0.2) is 16.6 Å². The zero-order valence-electron chi connectivity index (χ0n) is 16.0. The molecule has 0 amide bonds. The molecular weight excluding hydrogens is 424 g/mol. The molecule has 1 aliphatic carbocycles. The lowest BCUT2D eigenvalue weighted by Crippen LogP contribution is -2.15. The second-order valence-electron chi connectivity index (χ2n) is 7.05. The third-order valence-corrected chi connectivity index (χ3v) is 6.20. The highest BCUT2D eigenvalue weighted by Gasteiger charge is 2.30. The zero-order valence-corrected chi connectivity index (χ0v) is 17.6. The fourth-order valence-corrected chi connectivity index (χ4v) is 4.50. The molecule has 1 aliphatic rings. The minimum Gasteiger partial charge on any atom is -0.484 e. The highest BCUT2D eigenvalue weighted by Crippen LogP contribution is 2.39. The molecule has 4 aromatic rings. The van der Waals surface area contributed by atoms with Gasteiger partial charge in [-0.05, 0) is 37.1 Å². The Hall–Kier alpha value is -2.71. The number of thioether (sulfide) groups is 1. The number of benzene rings is 2. The van der Waals surface area contributed by atoms with Crippen molar-refractivity contribution in [3.8, 4) is 5.75 Å². The molecule has 0 atom stereocenters. The summed E-state index contributed by atoms with van der Waals surface area (Å²) in [5, 5.41) is 10.1. The lowest BCUT2D eigenvalue weighted by molar-refractivity contribution is 0.288. The van der Waals surface area contributed by atoms with Crippen molar-refractivity contribution in [2.75, 3.05) is 5.75 Å². The molecule has 2 heterocycles. The molecule has 2 aromatic heterocycles. The van der Waals surface area contributed by atoms with Gasteiger partial charge in [-0.2, -0.15) is 0 Å². The third-order valence-electron chi connectivity index (χ3n) is 4.96. The summed E-state index contributed by atoms with van der Waals surface area (Å²) in [7, 11) is 0. The van der Waals surface area contributed by atoms with E-state index in [-0.39, 0.29) is 5.76 Å². The first-order valence-electron chi connectivity index (χ1n) is 9.73. The van der Waals surface area contributed by atoms with E-state index in [1.54, 1.807) is 28.5 Å². The van der Waals surface area contributed by atoms with Crippen molar-refractivity contribution >= 4 is 34.5 Å². The monoisotopic (exact) mass is 442 g/mol. The Morgan fingerprint density at radius 1 is 1.13 bits per heavy atom. The van der Waals surface area contributed by atoms with E-state index in [2.05, 4.69) is 14.8 Å². The first kappa shape index (κ1) is 19.3. The predicted octanol–water partition coefficient (Wildman–Crippen LogP) is 4.55. The summed E-state index contributed by atoms with van der Waals surface area (Å²) in [4.78, 5) is 12.1. The Morgan fingerprint density at radius 3 is 2.77 bits per heavy atom. The summed E-state index contributed by atoms with van der Waals surface area (Å²) < 4.78 is 15.0.